The molecule has 1 amide bonds. The number of hydrogen-bond acceptors (Lipinski definition) is 3. The van der Waals surface area contributed by atoms with Crippen molar-refractivity contribution in [1.29, 1.82) is 0 Å². The van der Waals surface area contributed by atoms with Crippen molar-refractivity contribution in [1.82, 2.24) is 10.2 Å². The minimum atomic E-state index is -0.0314. The number of rotatable bonds is 5. The van der Waals surface area contributed by atoms with E-state index in [1.54, 1.807) is 0 Å². The first-order valence-electron chi connectivity index (χ1n) is 8.43. The molecular weight excluding hydrogens is 300 g/mol. The molecule has 1 fully saturated rings. The molecule has 0 saturated carbocycles. The van der Waals surface area contributed by atoms with Gasteiger partial charge in [-0.2, -0.15) is 0 Å². The SMILES string of the molecule is Cc1cccc(C(=O)NCc2ccc(CN3CCOCC3)cc2)c1. The number of nitrogens with zero attached hydrogens (tertiary/aromatic N) is 1. The van der Waals surface area contributed by atoms with Gasteiger partial charge in [0.05, 0.1) is 13.2 Å². The molecule has 0 spiro atoms. The number of hydrogen-bond donors (Lipinski definition) is 1. The fourth-order valence-corrected chi connectivity index (χ4v) is 2.85. The van der Waals surface area contributed by atoms with E-state index < -0.39 is 0 Å². The van der Waals surface area contributed by atoms with Crippen LogP contribution < -0.4 is 5.32 Å². The van der Waals surface area contributed by atoms with Crippen LogP contribution in [-0.4, -0.2) is 37.1 Å². The smallest absolute Gasteiger partial charge is 0.251 e. The van der Waals surface area contributed by atoms with Gasteiger partial charge < -0.3 is 10.1 Å². The minimum absolute atomic E-state index is 0.0314. The van der Waals surface area contributed by atoms with Crippen LogP contribution in [0.15, 0.2) is 48.5 Å². The second-order valence-corrected chi connectivity index (χ2v) is 6.26. The zero-order chi connectivity index (χ0) is 16.8. The van der Waals surface area contributed by atoms with Gasteiger partial charge in [0.25, 0.3) is 5.91 Å². The Labute approximate surface area is 143 Å². The molecule has 2 aromatic carbocycles. The van der Waals surface area contributed by atoms with Crippen LogP contribution in [0.5, 0.6) is 0 Å². The first kappa shape index (κ1) is 16.7. The Morgan fingerprint density at radius 1 is 1.08 bits per heavy atom. The van der Waals surface area contributed by atoms with Gasteiger partial charge in [-0.3, -0.25) is 9.69 Å². The normalized spacial score (nSPS) is 15.2. The third-order valence-corrected chi connectivity index (χ3v) is 4.27. The van der Waals surface area contributed by atoms with Crippen LogP contribution in [0, 0.1) is 6.92 Å². The molecule has 3 rings (SSSR count). The summed E-state index contributed by atoms with van der Waals surface area (Å²) in [6, 6.07) is 16.1. The van der Waals surface area contributed by atoms with Gasteiger partial charge in [-0.25, -0.2) is 0 Å². The lowest BCUT2D eigenvalue weighted by Gasteiger charge is -2.26. The van der Waals surface area contributed by atoms with E-state index in [1.807, 2.05) is 31.2 Å². The summed E-state index contributed by atoms with van der Waals surface area (Å²) < 4.78 is 5.37. The van der Waals surface area contributed by atoms with E-state index in [0.717, 1.165) is 44.0 Å². The van der Waals surface area contributed by atoms with Gasteiger partial charge in [-0.1, -0.05) is 42.0 Å². The second-order valence-electron chi connectivity index (χ2n) is 6.26. The van der Waals surface area contributed by atoms with Crippen molar-refractivity contribution in [2.75, 3.05) is 26.3 Å². The molecule has 1 aliphatic heterocycles. The fourth-order valence-electron chi connectivity index (χ4n) is 2.85. The van der Waals surface area contributed by atoms with E-state index in [1.165, 1.54) is 5.56 Å². The molecular formula is C20H24N2O2. The second kappa shape index (κ2) is 8.08. The van der Waals surface area contributed by atoms with Crippen molar-refractivity contribution < 1.29 is 9.53 Å². The van der Waals surface area contributed by atoms with Gasteiger partial charge >= 0.3 is 0 Å². The van der Waals surface area contributed by atoms with Gasteiger partial charge in [-0.05, 0) is 30.2 Å². The molecule has 1 heterocycles. The molecule has 24 heavy (non-hydrogen) atoms. The molecule has 4 heteroatoms. The van der Waals surface area contributed by atoms with Crippen LogP contribution in [0.1, 0.15) is 27.0 Å². The Bertz CT molecular complexity index is 676. The summed E-state index contributed by atoms with van der Waals surface area (Å²) in [6.07, 6.45) is 0. The van der Waals surface area contributed by atoms with E-state index >= 15 is 0 Å². The maximum atomic E-state index is 12.2. The predicted molar refractivity (Wildman–Crippen MR) is 94.9 cm³/mol. The molecule has 1 N–H and O–H groups in total. The number of benzene rings is 2. The Morgan fingerprint density at radius 2 is 1.79 bits per heavy atom. The number of morpholine rings is 1. The van der Waals surface area contributed by atoms with Gasteiger partial charge in [0.2, 0.25) is 0 Å². The topological polar surface area (TPSA) is 41.6 Å². The molecule has 0 aromatic heterocycles. The standard InChI is InChI=1S/C20H24N2O2/c1-16-3-2-4-19(13-16)20(23)21-14-17-5-7-18(8-6-17)15-22-9-11-24-12-10-22/h2-8,13H,9-12,14-15H2,1H3,(H,21,23). The maximum Gasteiger partial charge on any atom is 0.251 e. The van der Waals surface area contributed by atoms with Crippen LogP contribution in [-0.2, 0) is 17.8 Å². The summed E-state index contributed by atoms with van der Waals surface area (Å²) in [5.41, 5.74) is 4.21. The molecule has 0 radical (unpaired) electrons. The van der Waals surface area contributed by atoms with Crippen molar-refractivity contribution in [2.45, 2.75) is 20.0 Å². The lowest BCUT2D eigenvalue weighted by atomic mass is 10.1. The summed E-state index contributed by atoms with van der Waals surface area (Å²) in [7, 11) is 0. The van der Waals surface area contributed by atoms with Gasteiger partial charge in [-0.15, -0.1) is 0 Å². The molecule has 1 saturated heterocycles. The number of ether oxygens (including phenoxy) is 1. The predicted octanol–water partition coefficient (Wildman–Crippen LogP) is 2.76. The Balaban J connectivity index is 1.51. The highest BCUT2D eigenvalue weighted by atomic mass is 16.5. The molecule has 1 aliphatic rings. The van der Waals surface area contributed by atoms with E-state index in [-0.39, 0.29) is 5.91 Å². The number of carbonyl (C=O) groups excluding carboxylic acids is 1. The Hall–Kier alpha value is -2.17. The summed E-state index contributed by atoms with van der Waals surface area (Å²) in [4.78, 5) is 14.6. The third-order valence-electron chi connectivity index (χ3n) is 4.27. The summed E-state index contributed by atoms with van der Waals surface area (Å²) in [6.45, 7) is 7.13. The van der Waals surface area contributed by atoms with Crippen LogP contribution in [0.2, 0.25) is 0 Å². The van der Waals surface area contributed by atoms with E-state index in [9.17, 15) is 4.79 Å². The highest BCUT2D eigenvalue weighted by Crippen LogP contribution is 2.10. The first-order chi connectivity index (χ1) is 11.7. The summed E-state index contributed by atoms with van der Waals surface area (Å²) in [5.74, 6) is -0.0314. The number of carbonyl (C=O) groups is 1. The van der Waals surface area contributed by atoms with Crippen molar-refractivity contribution in [3.8, 4) is 0 Å². The molecule has 0 unspecified atom stereocenters. The molecule has 0 bridgehead atoms. The van der Waals surface area contributed by atoms with Crippen molar-refractivity contribution >= 4 is 5.91 Å². The van der Waals surface area contributed by atoms with E-state index in [2.05, 4.69) is 34.5 Å². The average Bonchev–Trinajstić information content (AvgIpc) is 2.62. The summed E-state index contributed by atoms with van der Waals surface area (Å²) in [5, 5.41) is 2.98. The first-order valence-corrected chi connectivity index (χ1v) is 8.43. The fraction of sp³-hybridized carbons (Fsp3) is 0.350. The van der Waals surface area contributed by atoms with Crippen LogP contribution >= 0.6 is 0 Å². The van der Waals surface area contributed by atoms with Gasteiger partial charge in [0, 0.05) is 31.7 Å². The van der Waals surface area contributed by atoms with Crippen molar-refractivity contribution in [3.63, 3.8) is 0 Å². The number of aryl methyl sites for hydroxylation is 1. The van der Waals surface area contributed by atoms with Crippen molar-refractivity contribution in [2.24, 2.45) is 0 Å². The van der Waals surface area contributed by atoms with Crippen molar-refractivity contribution in [3.05, 3.63) is 70.8 Å². The monoisotopic (exact) mass is 324 g/mol. The molecule has 0 atom stereocenters. The molecule has 126 valence electrons. The Kier molecular flexibility index (Phi) is 5.62. The van der Waals surface area contributed by atoms with E-state index in [0.29, 0.717) is 12.1 Å². The lowest BCUT2D eigenvalue weighted by molar-refractivity contribution is 0.0342. The van der Waals surface area contributed by atoms with Gasteiger partial charge in [0.1, 0.15) is 0 Å². The quantitative estimate of drug-likeness (QED) is 0.919. The summed E-state index contributed by atoms with van der Waals surface area (Å²) >= 11 is 0. The highest BCUT2D eigenvalue weighted by Gasteiger charge is 2.10. The molecule has 4 nitrogen and oxygen atoms in total. The van der Waals surface area contributed by atoms with E-state index in [4.69, 9.17) is 4.74 Å². The van der Waals surface area contributed by atoms with Gasteiger partial charge in [0.15, 0.2) is 0 Å². The zero-order valence-electron chi connectivity index (χ0n) is 14.1. The molecule has 0 aliphatic carbocycles. The molecule has 2 aromatic rings. The van der Waals surface area contributed by atoms with Crippen LogP contribution in [0.4, 0.5) is 0 Å². The average molecular weight is 324 g/mol. The zero-order valence-corrected chi connectivity index (χ0v) is 14.1. The number of amides is 1. The lowest BCUT2D eigenvalue weighted by Crippen LogP contribution is -2.35. The van der Waals surface area contributed by atoms with Crippen LogP contribution in [0.25, 0.3) is 0 Å². The van der Waals surface area contributed by atoms with Crippen LogP contribution in [0.3, 0.4) is 0 Å². The number of nitrogens with one attached hydrogen (secondary N) is 1. The largest absolute Gasteiger partial charge is 0.379 e. The highest BCUT2D eigenvalue weighted by molar-refractivity contribution is 5.94. The Morgan fingerprint density at radius 3 is 2.50 bits per heavy atom. The third kappa shape index (κ3) is 4.66. The maximum absolute atomic E-state index is 12.2. The minimum Gasteiger partial charge on any atom is -0.379 e.